The lowest BCUT2D eigenvalue weighted by Gasteiger charge is -2.16. The maximum atomic E-state index is 11.8. The van der Waals surface area contributed by atoms with Crippen molar-refractivity contribution in [2.75, 3.05) is 0 Å². The van der Waals surface area contributed by atoms with Gasteiger partial charge in [-0.05, 0) is 6.42 Å². The van der Waals surface area contributed by atoms with Crippen molar-refractivity contribution in [3.05, 3.63) is 12.7 Å². The van der Waals surface area contributed by atoms with Crippen molar-refractivity contribution in [3.63, 3.8) is 0 Å². The van der Waals surface area contributed by atoms with Crippen LogP contribution < -0.4 is 0 Å². The van der Waals surface area contributed by atoms with Crippen molar-refractivity contribution < 1.29 is 33.6 Å². The number of imide groups is 2. The fourth-order valence-corrected chi connectivity index (χ4v) is 1.97. The predicted octanol–water partition coefficient (Wildman–Crippen LogP) is 0.0698. The Kier molecular flexibility index (Phi) is 4.01. The van der Waals surface area contributed by atoms with Crippen LogP contribution in [0.1, 0.15) is 25.7 Å². The van der Waals surface area contributed by atoms with E-state index in [9.17, 15) is 24.0 Å². The molecule has 2 fully saturated rings. The maximum Gasteiger partial charge on any atom is 0.560 e. The molecule has 9 heteroatoms. The molecule has 0 aliphatic carbocycles. The minimum atomic E-state index is -1.50. The highest BCUT2D eigenvalue weighted by Gasteiger charge is 2.42. The normalized spacial score (nSPS) is 22.0. The van der Waals surface area contributed by atoms with Gasteiger partial charge >= 0.3 is 6.16 Å². The van der Waals surface area contributed by atoms with Crippen LogP contribution in [0.5, 0.6) is 0 Å². The molecule has 0 spiro atoms. The van der Waals surface area contributed by atoms with E-state index in [4.69, 9.17) is 0 Å². The number of carbonyl (C=O) groups is 5. The molecule has 2 aliphatic heterocycles. The van der Waals surface area contributed by atoms with Crippen LogP contribution in [0, 0.1) is 5.92 Å². The highest BCUT2D eigenvalue weighted by Crippen LogP contribution is 2.23. The Bertz CT molecular complexity index is 526. The zero-order chi connectivity index (χ0) is 15.6. The van der Waals surface area contributed by atoms with E-state index in [1.165, 1.54) is 6.08 Å². The van der Waals surface area contributed by atoms with E-state index < -0.39 is 35.7 Å². The van der Waals surface area contributed by atoms with Gasteiger partial charge in [0.25, 0.3) is 23.6 Å². The van der Waals surface area contributed by atoms with Crippen molar-refractivity contribution in [1.82, 2.24) is 10.1 Å². The molecule has 0 aromatic carbocycles. The molecule has 1 atom stereocenters. The summed E-state index contributed by atoms with van der Waals surface area (Å²) in [5.41, 5.74) is 0. The highest BCUT2D eigenvalue weighted by molar-refractivity contribution is 6.03. The summed E-state index contributed by atoms with van der Waals surface area (Å²) in [6.07, 6.45) is -0.0225. The minimum Gasteiger partial charge on any atom is -0.293 e. The van der Waals surface area contributed by atoms with Gasteiger partial charge in [0.1, 0.15) is 0 Å². The van der Waals surface area contributed by atoms with Gasteiger partial charge in [-0.25, -0.2) is 0 Å². The number of amides is 4. The molecule has 0 N–H and O–H groups in total. The smallest absolute Gasteiger partial charge is 0.293 e. The third-order valence-electron chi connectivity index (χ3n) is 2.99. The van der Waals surface area contributed by atoms with E-state index in [2.05, 4.69) is 16.3 Å². The van der Waals surface area contributed by atoms with Gasteiger partial charge in [0.05, 0.1) is 5.92 Å². The third kappa shape index (κ3) is 2.91. The molecule has 112 valence electrons. The van der Waals surface area contributed by atoms with Crippen molar-refractivity contribution in [2.45, 2.75) is 25.7 Å². The van der Waals surface area contributed by atoms with Crippen LogP contribution in [0.15, 0.2) is 12.7 Å². The van der Waals surface area contributed by atoms with Crippen molar-refractivity contribution >= 4 is 29.8 Å². The molecule has 9 nitrogen and oxygen atoms in total. The van der Waals surface area contributed by atoms with E-state index >= 15 is 0 Å². The Morgan fingerprint density at radius 1 is 1.10 bits per heavy atom. The average Bonchev–Trinajstić information content (AvgIpc) is 2.87. The second-order valence-electron chi connectivity index (χ2n) is 4.47. The Morgan fingerprint density at radius 2 is 1.67 bits per heavy atom. The summed E-state index contributed by atoms with van der Waals surface area (Å²) >= 11 is 0. The zero-order valence-corrected chi connectivity index (χ0v) is 10.9. The van der Waals surface area contributed by atoms with E-state index in [1.54, 1.807) is 0 Å². The Hall–Kier alpha value is -2.71. The summed E-state index contributed by atoms with van der Waals surface area (Å²) in [7, 11) is 0. The number of allylic oxidation sites excluding steroid dienone is 1. The first kappa shape index (κ1) is 14.7. The third-order valence-corrected chi connectivity index (χ3v) is 2.99. The monoisotopic (exact) mass is 296 g/mol. The van der Waals surface area contributed by atoms with Crippen LogP contribution in [-0.4, -0.2) is 39.9 Å². The van der Waals surface area contributed by atoms with Gasteiger partial charge in [-0.15, -0.1) is 6.58 Å². The first-order valence-corrected chi connectivity index (χ1v) is 6.17. The quantitative estimate of drug-likeness (QED) is 0.533. The Balaban J connectivity index is 1.95. The molecule has 0 aromatic rings. The number of hydroxylamine groups is 4. The highest BCUT2D eigenvalue weighted by atomic mass is 16.9. The van der Waals surface area contributed by atoms with Crippen LogP contribution in [-0.2, 0) is 28.9 Å². The molecular formula is C12H12N2O7. The largest absolute Gasteiger partial charge is 0.560 e. The summed E-state index contributed by atoms with van der Waals surface area (Å²) in [6.45, 7) is 3.46. The van der Waals surface area contributed by atoms with Gasteiger partial charge in [0.15, 0.2) is 0 Å². The molecular weight excluding hydrogens is 284 g/mol. The van der Waals surface area contributed by atoms with E-state index in [0.717, 1.165) is 0 Å². The molecule has 1 unspecified atom stereocenters. The summed E-state index contributed by atoms with van der Waals surface area (Å²) in [5, 5.41) is 0.538. The van der Waals surface area contributed by atoms with E-state index in [-0.39, 0.29) is 35.8 Å². The summed E-state index contributed by atoms with van der Waals surface area (Å²) in [6, 6.07) is 0. The van der Waals surface area contributed by atoms with Gasteiger partial charge < -0.3 is 0 Å². The van der Waals surface area contributed by atoms with Gasteiger partial charge in [0.2, 0.25) is 0 Å². The molecule has 2 heterocycles. The topological polar surface area (TPSA) is 110 Å². The molecule has 0 aromatic heterocycles. The Labute approximate surface area is 119 Å². The fraction of sp³-hybridized carbons (Fsp3) is 0.417. The summed E-state index contributed by atoms with van der Waals surface area (Å²) in [5.74, 6) is -3.43. The zero-order valence-electron chi connectivity index (χ0n) is 10.9. The molecule has 0 bridgehead atoms. The van der Waals surface area contributed by atoms with Gasteiger partial charge in [-0.2, -0.15) is 4.79 Å². The van der Waals surface area contributed by atoms with E-state index in [1.807, 2.05) is 0 Å². The summed E-state index contributed by atoms with van der Waals surface area (Å²) in [4.78, 5) is 66.1. The number of hydrogen-bond acceptors (Lipinski definition) is 7. The molecule has 2 rings (SSSR count). The standard InChI is InChI=1S/C12H12N2O7/c1-2-3-7-6-10(17)14(11(7)18)21-12(19)20-13-8(15)4-5-9(13)16/h2,7H,1,3-6H2. The molecule has 2 aliphatic rings. The van der Waals surface area contributed by atoms with Crippen molar-refractivity contribution in [1.29, 1.82) is 0 Å². The van der Waals surface area contributed by atoms with Crippen LogP contribution >= 0.6 is 0 Å². The predicted molar refractivity (Wildman–Crippen MR) is 63.4 cm³/mol. The number of hydrogen-bond donors (Lipinski definition) is 0. The van der Waals surface area contributed by atoms with E-state index in [0.29, 0.717) is 0 Å². The molecule has 4 amide bonds. The van der Waals surface area contributed by atoms with Crippen LogP contribution in [0.2, 0.25) is 0 Å². The van der Waals surface area contributed by atoms with Crippen molar-refractivity contribution in [3.8, 4) is 0 Å². The lowest BCUT2D eigenvalue weighted by atomic mass is 10.0. The summed E-state index contributed by atoms with van der Waals surface area (Å²) < 4.78 is 0. The second kappa shape index (κ2) is 5.73. The molecule has 21 heavy (non-hydrogen) atoms. The first-order chi connectivity index (χ1) is 9.93. The minimum absolute atomic E-state index is 0.0743. The van der Waals surface area contributed by atoms with Gasteiger partial charge in [-0.3, -0.25) is 28.9 Å². The van der Waals surface area contributed by atoms with Gasteiger partial charge in [-0.1, -0.05) is 16.2 Å². The van der Waals surface area contributed by atoms with Crippen LogP contribution in [0.25, 0.3) is 0 Å². The lowest BCUT2D eigenvalue weighted by molar-refractivity contribution is -0.198. The SMILES string of the molecule is C=CCC1CC(=O)N(OC(=O)ON2C(=O)CCC2=O)C1=O. The van der Waals surface area contributed by atoms with Crippen molar-refractivity contribution in [2.24, 2.45) is 5.92 Å². The number of rotatable bonds is 4. The maximum absolute atomic E-state index is 11.8. The first-order valence-electron chi connectivity index (χ1n) is 6.17. The Morgan fingerprint density at radius 3 is 2.24 bits per heavy atom. The molecule has 0 radical (unpaired) electrons. The molecule has 0 saturated carbocycles. The number of carbonyl (C=O) groups excluding carboxylic acids is 5. The van der Waals surface area contributed by atoms with Gasteiger partial charge in [0, 0.05) is 19.3 Å². The average molecular weight is 296 g/mol. The lowest BCUT2D eigenvalue weighted by Crippen LogP contribution is -2.38. The molecule has 2 saturated heterocycles. The van der Waals surface area contributed by atoms with Crippen LogP contribution in [0.3, 0.4) is 0 Å². The fourth-order valence-electron chi connectivity index (χ4n) is 1.97. The van der Waals surface area contributed by atoms with Crippen LogP contribution in [0.4, 0.5) is 4.79 Å². The number of nitrogens with zero attached hydrogens (tertiary/aromatic N) is 2. The second-order valence-corrected chi connectivity index (χ2v) is 4.47.